The number of methoxy groups -OCH3 is 1. The van der Waals surface area contributed by atoms with E-state index in [2.05, 4.69) is 0 Å². The van der Waals surface area contributed by atoms with Crippen molar-refractivity contribution in [3.8, 4) is 5.75 Å². The lowest BCUT2D eigenvalue weighted by Gasteiger charge is -2.26. The highest BCUT2D eigenvalue weighted by Gasteiger charge is 2.28. The summed E-state index contributed by atoms with van der Waals surface area (Å²) in [5.74, 6) is -1.12. The van der Waals surface area contributed by atoms with Gasteiger partial charge in [-0.1, -0.05) is 18.6 Å². The van der Waals surface area contributed by atoms with Crippen molar-refractivity contribution >= 4 is 16.0 Å². The van der Waals surface area contributed by atoms with E-state index in [-0.39, 0.29) is 22.8 Å². The Hall–Kier alpha value is -2.45. The summed E-state index contributed by atoms with van der Waals surface area (Å²) in [6, 6.07) is 8.76. The second-order valence-electron chi connectivity index (χ2n) is 6.99. The van der Waals surface area contributed by atoms with E-state index in [0.29, 0.717) is 24.2 Å². The monoisotopic (exact) mass is 421 g/mol. The minimum Gasteiger partial charge on any atom is -0.494 e. The second kappa shape index (κ2) is 8.92. The van der Waals surface area contributed by atoms with Crippen LogP contribution in [0.15, 0.2) is 41.3 Å². The smallest absolute Gasteiger partial charge is 0.338 e. The van der Waals surface area contributed by atoms with E-state index in [1.54, 1.807) is 19.1 Å². The Labute approximate surface area is 170 Å². The van der Waals surface area contributed by atoms with Crippen LogP contribution in [-0.4, -0.2) is 38.9 Å². The van der Waals surface area contributed by atoms with E-state index >= 15 is 0 Å². The number of carbonyl (C=O) groups is 1. The van der Waals surface area contributed by atoms with Crippen LogP contribution in [0, 0.1) is 12.7 Å². The number of hydrogen-bond acceptors (Lipinski definition) is 5. The molecule has 1 aliphatic heterocycles. The molecule has 3 rings (SSSR count). The second-order valence-corrected chi connectivity index (χ2v) is 8.90. The fourth-order valence-corrected chi connectivity index (χ4v) is 5.05. The fourth-order valence-electron chi connectivity index (χ4n) is 3.28. The summed E-state index contributed by atoms with van der Waals surface area (Å²) in [4.78, 5) is 12.6. The number of nitrogens with zero attached hydrogens (tertiary/aromatic N) is 1. The number of ether oxygens (including phenoxy) is 2. The molecule has 1 aliphatic rings. The zero-order valence-corrected chi connectivity index (χ0v) is 17.3. The predicted octanol–water partition coefficient (Wildman–Crippen LogP) is 3.67. The van der Waals surface area contributed by atoms with Gasteiger partial charge in [0.05, 0.1) is 17.6 Å². The van der Waals surface area contributed by atoms with E-state index in [1.807, 2.05) is 0 Å². The first kappa shape index (κ1) is 21.3. The van der Waals surface area contributed by atoms with Gasteiger partial charge >= 0.3 is 5.97 Å². The molecule has 1 saturated heterocycles. The molecule has 0 radical (unpaired) electrons. The van der Waals surface area contributed by atoms with Crippen LogP contribution in [0.25, 0.3) is 0 Å². The molecule has 0 bridgehead atoms. The summed E-state index contributed by atoms with van der Waals surface area (Å²) in [7, 11) is -2.30. The molecule has 8 heteroatoms. The molecule has 2 aromatic carbocycles. The standard InChI is InChI=1S/C21H24FNO5S/c1-15-6-8-17(13-20(15)29(25,26)23-10-4-3-5-11-23)21(24)28-14-16-7-9-19(27-2)18(22)12-16/h6-9,12-13H,3-5,10-11,14H2,1-2H3. The van der Waals surface area contributed by atoms with Gasteiger partial charge in [0.25, 0.3) is 0 Å². The highest BCUT2D eigenvalue weighted by atomic mass is 32.2. The molecular formula is C21H24FNO5S. The first-order chi connectivity index (χ1) is 13.8. The lowest BCUT2D eigenvalue weighted by molar-refractivity contribution is 0.0472. The summed E-state index contributed by atoms with van der Waals surface area (Å²) < 4.78 is 51.3. The van der Waals surface area contributed by atoms with E-state index in [4.69, 9.17) is 9.47 Å². The van der Waals surface area contributed by atoms with Crippen LogP contribution in [0.4, 0.5) is 4.39 Å². The number of halogens is 1. The Morgan fingerprint density at radius 1 is 1.10 bits per heavy atom. The number of benzene rings is 2. The minimum atomic E-state index is -3.67. The molecule has 0 aliphatic carbocycles. The van der Waals surface area contributed by atoms with Crippen molar-refractivity contribution in [2.24, 2.45) is 0 Å². The molecule has 6 nitrogen and oxygen atoms in total. The van der Waals surface area contributed by atoms with E-state index < -0.39 is 21.8 Å². The summed E-state index contributed by atoms with van der Waals surface area (Å²) in [5.41, 5.74) is 1.18. The number of rotatable bonds is 6. The van der Waals surface area contributed by atoms with Crippen molar-refractivity contribution in [2.45, 2.75) is 37.7 Å². The van der Waals surface area contributed by atoms with Gasteiger partial charge in [-0.15, -0.1) is 0 Å². The Balaban J connectivity index is 1.76. The fraction of sp³-hybridized carbons (Fsp3) is 0.381. The molecule has 0 saturated carbocycles. The van der Waals surface area contributed by atoms with Gasteiger partial charge < -0.3 is 9.47 Å². The van der Waals surface area contributed by atoms with Crippen LogP contribution < -0.4 is 4.74 Å². The number of esters is 1. The van der Waals surface area contributed by atoms with Crippen molar-refractivity contribution in [1.29, 1.82) is 0 Å². The molecular weight excluding hydrogens is 397 g/mol. The van der Waals surface area contributed by atoms with Gasteiger partial charge in [-0.25, -0.2) is 17.6 Å². The molecule has 1 heterocycles. The van der Waals surface area contributed by atoms with Crippen molar-refractivity contribution in [1.82, 2.24) is 4.31 Å². The zero-order chi connectivity index (χ0) is 21.0. The van der Waals surface area contributed by atoms with Crippen LogP contribution in [0.1, 0.15) is 40.7 Å². The quantitative estimate of drug-likeness (QED) is 0.666. The van der Waals surface area contributed by atoms with Crippen LogP contribution in [0.2, 0.25) is 0 Å². The largest absolute Gasteiger partial charge is 0.494 e. The van der Waals surface area contributed by atoms with Crippen LogP contribution >= 0.6 is 0 Å². The molecule has 0 unspecified atom stereocenters. The molecule has 0 atom stereocenters. The number of carbonyl (C=O) groups excluding carboxylic acids is 1. The van der Waals surface area contributed by atoms with Gasteiger partial charge in [-0.05, 0) is 55.2 Å². The topological polar surface area (TPSA) is 72.9 Å². The average Bonchev–Trinajstić information content (AvgIpc) is 2.73. The van der Waals surface area contributed by atoms with Crippen molar-refractivity contribution in [2.75, 3.05) is 20.2 Å². The normalized spacial score (nSPS) is 15.1. The first-order valence-corrected chi connectivity index (χ1v) is 10.9. The van der Waals surface area contributed by atoms with Gasteiger partial charge in [0, 0.05) is 13.1 Å². The molecule has 2 aromatic rings. The number of hydrogen-bond donors (Lipinski definition) is 0. The summed E-state index contributed by atoms with van der Waals surface area (Å²) in [6.07, 6.45) is 2.68. The Morgan fingerprint density at radius 2 is 1.83 bits per heavy atom. The van der Waals surface area contributed by atoms with Crippen molar-refractivity contribution < 1.29 is 27.1 Å². The molecule has 29 heavy (non-hydrogen) atoms. The zero-order valence-electron chi connectivity index (χ0n) is 16.5. The molecule has 0 N–H and O–H groups in total. The van der Waals surface area contributed by atoms with E-state index in [1.165, 1.54) is 35.7 Å². The Bertz CT molecular complexity index is 1000. The maximum atomic E-state index is 13.8. The van der Waals surface area contributed by atoms with Crippen LogP contribution in [0.3, 0.4) is 0 Å². The van der Waals surface area contributed by atoms with Crippen LogP contribution in [0.5, 0.6) is 5.75 Å². The van der Waals surface area contributed by atoms with E-state index in [0.717, 1.165) is 19.3 Å². The highest BCUT2D eigenvalue weighted by Crippen LogP contribution is 2.25. The maximum absolute atomic E-state index is 13.8. The van der Waals surface area contributed by atoms with Gasteiger partial charge in [-0.3, -0.25) is 0 Å². The third-order valence-corrected chi connectivity index (χ3v) is 6.98. The van der Waals surface area contributed by atoms with Gasteiger partial charge in [0.1, 0.15) is 6.61 Å². The summed E-state index contributed by atoms with van der Waals surface area (Å²) >= 11 is 0. The van der Waals surface area contributed by atoms with Crippen molar-refractivity contribution in [3.05, 3.63) is 58.9 Å². The molecule has 0 spiro atoms. The van der Waals surface area contributed by atoms with E-state index in [9.17, 15) is 17.6 Å². The third kappa shape index (κ3) is 4.76. The lowest BCUT2D eigenvalue weighted by atomic mass is 10.1. The van der Waals surface area contributed by atoms with Gasteiger partial charge in [0.15, 0.2) is 11.6 Å². The lowest BCUT2D eigenvalue weighted by Crippen LogP contribution is -2.36. The first-order valence-electron chi connectivity index (χ1n) is 9.43. The SMILES string of the molecule is COc1ccc(COC(=O)c2ccc(C)c(S(=O)(=O)N3CCCCC3)c2)cc1F. The predicted molar refractivity (Wildman–Crippen MR) is 106 cm³/mol. The molecule has 0 aromatic heterocycles. The average molecular weight is 421 g/mol. The van der Waals surface area contributed by atoms with Gasteiger partial charge in [-0.2, -0.15) is 4.31 Å². The molecule has 0 amide bonds. The van der Waals surface area contributed by atoms with Gasteiger partial charge in [0.2, 0.25) is 10.0 Å². The third-order valence-electron chi connectivity index (χ3n) is 4.94. The maximum Gasteiger partial charge on any atom is 0.338 e. The highest BCUT2D eigenvalue weighted by molar-refractivity contribution is 7.89. The Morgan fingerprint density at radius 3 is 2.48 bits per heavy atom. The summed E-state index contributed by atoms with van der Waals surface area (Å²) in [5, 5.41) is 0. The molecule has 156 valence electrons. The minimum absolute atomic E-state index is 0.103. The summed E-state index contributed by atoms with van der Waals surface area (Å²) in [6.45, 7) is 2.53. The Kier molecular flexibility index (Phi) is 6.54. The molecule has 1 fully saturated rings. The number of sulfonamides is 1. The van der Waals surface area contributed by atoms with Crippen molar-refractivity contribution in [3.63, 3.8) is 0 Å². The number of aryl methyl sites for hydroxylation is 1. The number of piperidine rings is 1. The van der Waals surface area contributed by atoms with Crippen LogP contribution in [-0.2, 0) is 21.4 Å².